The predicted molar refractivity (Wildman–Crippen MR) is 149 cm³/mol. The number of aromatic nitrogens is 4. The third-order valence-electron chi connectivity index (χ3n) is 7.14. The van der Waals surface area contributed by atoms with E-state index in [-0.39, 0.29) is 29.1 Å². The number of halogens is 3. The standard InChI is InChI=1S/C29H31F3N6O2S/c1-3-5-24(28(40)37-9-6-25-20(16-37)7-11-41-25)34-27(39)22-13-19(15-36-10-8-33-18-36)12-21(14-22)23-17-38(4-2)35-26(23)29(30,31)32/h7-8,10-14,17-18,24H,3-6,9,15-16H2,1-2H3,(H,34,39)/t24-/m0/s1. The molecule has 0 unspecified atom stereocenters. The number of hydrogen-bond acceptors (Lipinski definition) is 5. The van der Waals surface area contributed by atoms with Gasteiger partial charge in [0.25, 0.3) is 5.91 Å². The maximum absolute atomic E-state index is 13.9. The van der Waals surface area contributed by atoms with Crippen molar-refractivity contribution in [2.75, 3.05) is 6.54 Å². The molecule has 8 nitrogen and oxygen atoms in total. The Morgan fingerprint density at radius 3 is 2.73 bits per heavy atom. The number of imidazole rings is 1. The second-order valence-corrected chi connectivity index (χ2v) is 11.1. The molecule has 1 aliphatic heterocycles. The fraction of sp³-hybridized carbons (Fsp3) is 0.379. The van der Waals surface area contributed by atoms with Crippen molar-refractivity contribution in [3.8, 4) is 11.1 Å². The first-order valence-electron chi connectivity index (χ1n) is 13.6. The highest BCUT2D eigenvalue weighted by atomic mass is 32.1. The normalized spacial score (nSPS) is 14.1. The van der Waals surface area contributed by atoms with Gasteiger partial charge in [-0.25, -0.2) is 4.98 Å². The molecule has 0 radical (unpaired) electrons. The lowest BCUT2D eigenvalue weighted by Gasteiger charge is -2.31. The van der Waals surface area contributed by atoms with E-state index in [1.807, 2.05) is 18.4 Å². The maximum atomic E-state index is 13.9. The van der Waals surface area contributed by atoms with Crippen LogP contribution in [0.5, 0.6) is 0 Å². The predicted octanol–water partition coefficient (Wildman–Crippen LogP) is 5.38. The van der Waals surface area contributed by atoms with Gasteiger partial charge in [-0.1, -0.05) is 13.3 Å². The minimum absolute atomic E-state index is 0.109. The molecule has 12 heteroatoms. The molecule has 0 spiro atoms. The summed E-state index contributed by atoms with van der Waals surface area (Å²) >= 11 is 1.68. The van der Waals surface area contributed by atoms with Crippen LogP contribution in [0.4, 0.5) is 13.2 Å². The average molecular weight is 585 g/mol. The third kappa shape index (κ3) is 6.37. The Bertz CT molecular complexity index is 1530. The quantitative estimate of drug-likeness (QED) is 0.286. The van der Waals surface area contributed by atoms with Gasteiger partial charge in [0, 0.05) is 60.8 Å². The van der Waals surface area contributed by atoms with E-state index >= 15 is 0 Å². The number of rotatable bonds is 9. The molecule has 1 aliphatic rings. The van der Waals surface area contributed by atoms with Crippen LogP contribution in [0, 0.1) is 0 Å². The lowest BCUT2D eigenvalue weighted by Crippen LogP contribution is -2.49. The number of amides is 2. The molecule has 1 N–H and O–H groups in total. The van der Waals surface area contributed by atoms with Crippen LogP contribution in [0.3, 0.4) is 0 Å². The monoisotopic (exact) mass is 584 g/mol. The second-order valence-electron chi connectivity index (χ2n) is 10.1. The van der Waals surface area contributed by atoms with Crippen molar-refractivity contribution in [1.82, 2.24) is 29.5 Å². The number of hydrogen-bond donors (Lipinski definition) is 1. The van der Waals surface area contributed by atoms with Gasteiger partial charge < -0.3 is 14.8 Å². The SMILES string of the molecule is CCC[C@H](NC(=O)c1cc(Cn2ccnc2)cc(-c2cn(CC)nc2C(F)(F)F)c1)C(=O)N1CCc2sccc2C1. The van der Waals surface area contributed by atoms with Crippen molar-refractivity contribution in [3.05, 3.63) is 81.8 Å². The molecule has 4 heterocycles. The molecule has 2 amide bonds. The number of thiophene rings is 1. The maximum Gasteiger partial charge on any atom is 0.435 e. The van der Waals surface area contributed by atoms with E-state index in [1.165, 1.54) is 21.8 Å². The number of aryl methyl sites for hydroxylation is 1. The zero-order chi connectivity index (χ0) is 29.1. The van der Waals surface area contributed by atoms with E-state index in [0.29, 0.717) is 38.0 Å². The Balaban J connectivity index is 1.46. The molecule has 3 aromatic heterocycles. The topological polar surface area (TPSA) is 85.0 Å². The van der Waals surface area contributed by atoms with E-state index in [4.69, 9.17) is 0 Å². The molecule has 1 atom stereocenters. The summed E-state index contributed by atoms with van der Waals surface area (Å²) in [6.07, 6.45) is 3.49. The summed E-state index contributed by atoms with van der Waals surface area (Å²) in [6, 6.07) is 5.98. The van der Waals surface area contributed by atoms with E-state index in [2.05, 4.69) is 15.4 Å². The molecule has 216 valence electrons. The van der Waals surface area contributed by atoms with Gasteiger partial charge in [0.1, 0.15) is 6.04 Å². The summed E-state index contributed by atoms with van der Waals surface area (Å²) in [6.45, 7) is 5.28. The lowest BCUT2D eigenvalue weighted by molar-refractivity contribution is -0.141. The van der Waals surface area contributed by atoms with E-state index < -0.39 is 23.8 Å². The van der Waals surface area contributed by atoms with E-state index in [0.717, 1.165) is 12.0 Å². The van der Waals surface area contributed by atoms with Crippen molar-refractivity contribution in [2.24, 2.45) is 0 Å². The minimum Gasteiger partial charge on any atom is -0.340 e. The van der Waals surface area contributed by atoms with Crippen molar-refractivity contribution in [1.29, 1.82) is 0 Å². The first-order chi connectivity index (χ1) is 19.7. The van der Waals surface area contributed by atoms with Crippen molar-refractivity contribution < 1.29 is 22.8 Å². The highest BCUT2D eigenvalue weighted by Crippen LogP contribution is 2.37. The van der Waals surface area contributed by atoms with Crippen LogP contribution >= 0.6 is 11.3 Å². The van der Waals surface area contributed by atoms with Gasteiger partial charge in [-0.2, -0.15) is 18.3 Å². The number of benzene rings is 1. The molecule has 0 saturated carbocycles. The fourth-order valence-corrected chi connectivity index (χ4v) is 6.00. The Hall–Kier alpha value is -3.93. The van der Waals surface area contributed by atoms with Crippen LogP contribution < -0.4 is 5.32 Å². The molecule has 41 heavy (non-hydrogen) atoms. The number of carbonyl (C=O) groups is 2. The first kappa shape index (κ1) is 28.6. The summed E-state index contributed by atoms with van der Waals surface area (Å²) in [5, 5.41) is 8.65. The van der Waals surface area contributed by atoms with Crippen LogP contribution in [0.2, 0.25) is 0 Å². The Morgan fingerprint density at radius 1 is 1.20 bits per heavy atom. The van der Waals surface area contributed by atoms with Gasteiger partial charge in [-0.05, 0) is 66.1 Å². The molecular weight excluding hydrogens is 553 g/mol. The summed E-state index contributed by atoms with van der Waals surface area (Å²) < 4.78 is 44.8. The number of nitrogens with zero attached hydrogens (tertiary/aromatic N) is 5. The van der Waals surface area contributed by atoms with Crippen molar-refractivity contribution >= 4 is 23.2 Å². The summed E-state index contributed by atoms with van der Waals surface area (Å²) in [5.41, 5.74) is 1.01. The fourth-order valence-electron chi connectivity index (χ4n) is 5.11. The van der Waals surface area contributed by atoms with Crippen LogP contribution in [0.25, 0.3) is 11.1 Å². The van der Waals surface area contributed by atoms with Gasteiger partial charge in [-0.3, -0.25) is 14.3 Å². The molecule has 0 bridgehead atoms. The molecule has 5 rings (SSSR count). The number of carbonyl (C=O) groups excluding carboxylic acids is 2. The smallest absolute Gasteiger partial charge is 0.340 e. The Labute approximate surface area is 239 Å². The summed E-state index contributed by atoms with van der Waals surface area (Å²) in [5.74, 6) is -0.675. The van der Waals surface area contributed by atoms with Gasteiger partial charge in [0.05, 0.1) is 6.33 Å². The van der Waals surface area contributed by atoms with Crippen LogP contribution in [0.1, 0.15) is 58.7 Å². The highest BCUT2D eigenvalue weighted by molar-refractivity contribution is 7.10. The number of fused-ring (bicyclic) bond motifs is 1. The molecule has 4 aromatic rings. The summed E-state index contributed by atoms with van der Waals surface area (Å²) in [4.78, 5) is 34.2. The van der Waals surface area contributed by atoms with E-state index in [1.54, 1.807) is 58.6 Å². The first-order valence-corrected chi connectivity index (χ1v) is 14.4. The Kier molecular flexibility index (Phi) is 8.30. The largest absolute Gasteiger partial charge is 0.435 e. The zero-order valence-corrected chi connectivity index (χ0v) is 23.6. The van der Waals surface area contributed by atoms with Crippen molar-refractivity contribution in [2.45, 2.75) is 65.0 Å². The molecule has 0 saturated heterocycles. The third-order valence-corrected chi connectivity index (χ3v) is 8.17. The highest BCUT2D eigenvalue weighted by Gasteiger charge is 2.38. The van der Waals surface area contributed by atoms with Gasteiger partial charge >= 0.3 is 6.18 Å². The summed E-state index contributed by atoms with van der Waals surface area (Å²) in [7, 11) is 0. The van der Waals surface area contributed by atoms with Crippen molar-refractivity contribution in [3.63, 3.8) is 0 Å². The number of alkyl halides is 3. The lowest BCUT2D eigenvalue weighted by atomic mass is 9.98. The zero-order valence-electron chi connectivity index (χ0n) is 22.8. The molecule has 0 fully saturated rings. The van der Waals surface area contributed by atoms with Crippen LogP contribution in [-0.4, -0.2) is 48.6 Å². The molecular formula is C29H31F3N6O2S. The number of nitrogens with one attached hydrogen (secondary N) is 1. The van der Waals surface area contributed by atoms with Crippen LogP contribution in [-0.2, 0) is 37.0 Å². The average Bonchev–Trinajstić information content (AvgIpc) is 3.72. The second kappa shape index (κ2) is 11.9. The van der Waals surface area contributed by atoms with E-state index in [9.17, 15) is 22.8 Å². The van der Waals surface area contributed by atoms with Crippen LogP contribution in [0.15, 0.2) is 54.6 Å². The Morgan fingerprint density at radius 2 is 2.02 bits per heavy atom. The van der Waals surface area contributed by atoms with Gasteiger partial charge in [-0.15, -0.1) is 11.3 Å². The molecule has 0 aliphatic carbocycles. The molecule has 1 aromatic carbocycles. The minimum atomic E-state index is -4.67. The van der Waals surface area contributed by atoms with Gasteiger partial charge in [0.15, 0.2) is 5.69 Å². The van der Waals surface area contributed by atoms with Gasteiger partial charge in [0.2, 0.25) is 5.91 Å².